The number of amides is 1. The molecular formula is C12H14ClN3OS. The van der Waals surface area contributed by atoms with Gasteiger partial charge in [0.05, 0.1) is 21.5 Å². The van der Waals surface area contributed by atoms with E-state index in [4.69, 9.17) is 11.6 Å². The van der Waals surface area contributed by atoms with Crippen LogP contribution in [0.4, 0.5) is 5.82 Å². The van der Waals surface area contributed by atoms with Gasteiger partial charge < -0.3 is 5.32 Å². The van der Waals surface area contributed by atoms with Gasteiger partial charge >= 0.3 is 0 Å². The highest BCUT2D eigenvalue weighted by Crippen LogP contribution is 2.23. The topological polar surface area (TPSA) is 46.9 Å². The molecule has 1 N–H and O–H groups in total. The van der Waals surface area contributed by atoms with Gasteiger partial charge in [-0.1, -0.05) is 18.5 Å². The number of nitrogens with zero attached hydrogens (tertiary/aromatic N) is 2. The summed E-state index contributed by atoms with van der Waals surface area (Å²) in [5.74, 6) is 0.552. The molecule has 0 aromatic carbocycles. The van der Waals surface area contributed by atoms with Crippen LogP contribution in [-0.2, 0) is 0 Å². The maximum Gasteiger partial charge on any atom is 0.266 e. The molecule has 0 bridgehead atoms. The minimum atomic E-state index is -0.156. The van der Waals surface area contributed by atoms with E-state index in [0.717, 1.165) is 6.42 Å². The quantitative estimate of drug-likeness (QED) is 0.927. The molecule has 2 aromatic heterocycles. The molecule has 0 fully saturated rings. The molecule has 0 aliphatic carbocycles. The number of carbonyl (C=O) groups excluding carboxylic acids is 1. The van der Waals surface area contributed by atoms with Gasteiger partial charge in [-0.2, -0.15) is 5.10 Å². The van der Waals surface area contributed by atoms with Crippen molar-refractivity contribution in [3.8, 4) is 0 Å². The zero-order chi connectivity index (χ0) is 13.1. The summed E-state index contributed by atoms with van der Waals surface area (Å²) in [5, 5.41) is 7.07. The van der Waals surface area contributed by atoms with Crippen molar-refractivity contribution in [2.24, 2.45) is 0 Å². The normalized spacial score (nSPS) is 12.4. The predicted molar refractivity (Wildman–Crippen MR) is 74.5 cm³/mol. The molecule has 1 amide bonds. The highest BCUT2D eigenvalue weighted by Gasteiger charge is 2.13. The van der Waals surface area contributed by atoms with Crippen LogP contribution in [0.1, 0.15) is 36.0 Å². The van der Waals surface area contributed by atoms with Gasteiger partial charge in [0.1, 0.15) is 5.82 Å². The Labute approximate surface area is 115 Å². The monoisotopic (exact) mass is 283 g/mol. The Morgan fingerprint density at radius 1 is 1.56 bits per heavy atom. The molecule has 0 aliphatic rings. The predicted octanol–water partition coefficient (Wildman–Crippen LogP) is 3.82. The number of hydrogen-bond donors (Lipinski definition) is 1. The van der Waals surface area contributed by atoms with Crippen molar-refractivity contribution in [2.45, 2.75) is 26.3 Å². The highest BCUT2D eigenvalue weighted by molar-refractivity contribution is 7.18. The van der Waals surface area contributed by atoms with Gasteiger partial charge in [-0.25, -0.2) is 4.68 Å². The summed E-state index contributed by atoms with van der Waals surface area (Å²) >= 11 is 7.07. The number of nitrogens with one attached hydrogen (secondary N) is 1. The van der Waals surface area contributed by atoms with Crippen LogP contribution in [0.2, 0.25) is 4.34 Å². The second-order valence-corrected chi connectivity index (χ2v) is 5.69. The van der Waals surface area contributed by atoms with E-state index in [9.17, 15) is 4.79 Å². The third-order valence-electron chi connectivity index (χ3n) is 2.72. The first-order valence-corrected chi connectivity index (χ1v) is 6.91. The van der Waals surface area contributed by atoms with Gasteiger partial charge in [-0.3, -0.25) is 4.79 Å². The van der Waals surface area contributed by atoms with Crippen molar-refractivity contribution in [2.75, 3.05) is 5.32 Å². The first-order chi connectivity index (χ1) is 8.61. The van der Waals surface area contributed by atoms with Crippen LogP contribution in [0.5, 0.6) is 0 Å². The Bertz CT molecular complexity index is 549. The summed E-state index contributed by atoms with van der Waals surface area (Å²) in [5.41, 5.74) is 0. The Kier molecular flexibility index (Phi) is 4.04. The number of carbonyl (C=O) groups is 1. The molecule has 0 spiro atoms. The lowest BCUT2D eigenvalue weighted by molar-refractivity contribution is 0.102. The smallest absolute Gasteiger partial charge is 0.266 e. The molecule has 4 nitrogen and oxygen atoms in total. The number of halogens is 1. The average molecular weight is 284 g/mol. The molecule has 96 valence electrons. The summed E-state index contributed by atoms with van der Waals surface area (Å²) in [4.78, 5) is 12.6. The number of aromatic nitrogens is 2. The maximum absolute atomic E-state index is 12.0. The second-order valence-electron chi connectivity index (χ2n) is 3.98. The molecule has 1 atom stereocenters. The zero-order valence-corrected chi connectivity index (χ0v) is 11.8. The van der Waals surface area contributed by atoms with Crippen molar-refractivity contribution < 1.29 is 4.79 Å². The minimum absolute atomic E-state index is 0.156. The SMILES string of the molecule is CCC(C)n1nccc1NC(=O)c1ccc(Cl)s1. The number of anilines is 1. The number of hydrogen-bond acceptors (Lipinski definition) is 3. The van der Waals surface area contributed by atoms with Crippen molar-refractivity contribution >= 4 is 34.7 Å². The highest BCUT2D eigenvalue weighted by atomic mass is 35.5. The average Bonchev–Trinajstić information content (AvgIpc) is 2.97. The molecule has 0 saturated carbocycles. The molecule has 18 heavy (non-hydrogen) atoms. The number of thiophene rings is 1. The first-order valence-electron chi connectivity index (χ1n) is 5.72. The van der Waals surface area contributed by atoms with Crippen LogP contribution in [-0.4, -0.2) is 15.7 Å². The first kappa shape index (κ1) is 13.1. The summed E-state index contributed by atoms with van der Waals surface area (Å²) < 4.78 is 2.42. The lowest BCUT2D eigenvalue weighted by Crippen LogP contribution is -2.16. The van der Waals surface area contributed by atoms with E-state index in [-0.39, 0.29) is 11.9 Å². The van der Waals surface area contributed by atoms with E-state index in [1.807, 2.05) is 4.68 Å². The van der Waals surface area contributed by atoms with Crippen LogP contribution in [0.3, 0.4) is 0 Å². The third kappa shape index (κ3) is 2.73. The Balaban J connectivity index is 2.15. The minimum Gasteiger partial charge on any atom is -0.306 e. The van der Waals surface area contributed by atoms with E-state index in [1.165, 1.54) is 11.3 Å². The maximum atomic E-state index is 12.0. The van der Waals surface area contributed by atoms with Gasteiger partial charge in [0.15, 0.2) is 0 Å². The van der Waals surface area contributed by atoms with E-state index in [1.54, 1.807) is 24.4 Å². The van der Waals surface area contributed by atoms with Crippen molar-refractivity contribution in [1.82, 2.24) is 9.78 Å². The Morgan fingerprint density at radius 2 is 2.33 bits per heavy atom. The summed E-state index contributed by atoms with van der Waals surface area (Å²) in [7, 11) is 0. The van der Waals surface area contributed by atoms with E-state index in [0.29, 0.717) is 15.0 Å². The zero-order valence-electron chi connectivity index (χ0n) is 10.2. The fourth-order valence-electron chi connectivity index (χ4n) is 1.55. The van der Waals surface area contributed by atoms with Gasteiger partial charge in [-0.15, -0.1) is 11.3 Å². The van der Waals surface area contributed by atoms with Crippen LogP contribution in [0.15, 0.2) is 24.4 Å². The fraction of sp³-hybridized carbons (Fsp3) is 0.333. The molecule has 6 heteroatoms. The summed E-state index contributed by atoms with van der Waals surface area (Å²) in [6, 6.07) is 5.47. The molecular weight excluding hydrogens is 270 g/mol. The van der Waals surface area contributed by atoms with Crippen LogP contribution < -0.4 is 5.32 Å². The van der Waals surface area contributed by atoms with Gasteiger partial charge in [-0.05, 0) is 25.5 Å². The van der Waals surface area contributed by atoms with Crippen LogP contribution in [0.25, 0.3) is 0 Å². The fourth-order valence-corrected chi connectivity index (χ4v) is 2.49. The summed E-state index contributed by atoms with van der Waals surface area (Å²) in [6.45, 7) is 4.14. The van der Waals surface area contributed by atoms with E-state index < -0.39 is 0 Å². The second kappa shape index (κ2) is 5.54. The molecule has 2 rings (SSSR count). The molecule has 1 unspecified atom stereocenters. The Hall–Kier alpha value is -1.33. The van der Waals surface area contributed by atoms with Crippen LogP contribution in [0, 0.1) is 0 Å². The largest absolute Gasteiger partial charge is 0.306 e. The lowest BCUT2D eigenvalue weighted by Gasteiger charge is -2.13. The third-order valence-corrected chi connectivity index (χ3v) is 3.95. The van der Waals surface area contributed by atoms with Crippen molar-refractivity contribution in [1.29, 1.82) is 0 Å². The van der Waals surface area contributed by atoms with Crippen molar-refractivity contribution in [3.63, 3.8) is 0 Å². The Morgan fingerprint density at radius 3 is 2.94 bits per heavy atom. The lowest BCUT2D eigenvalue weighted by atomic mass is 10.3. The molecule has 0 saturated heterocycles. The molecule has 0 radical (unpaired) electrons. The summed E-state index contributed by atoms with van der Waals surface area (Å²) in [6.07, 6.45) is 2.64. The molecule has 2 aromatic rings. The van der Waals surface area contributed by atoms with Gasteiger partial charge in [0.2, 0.25) is 0 Å². The van der Waals surface area contributed by atoms with Crippen molar-refractivity contribution in [3.05, 3.63) is 33.6 Å². The number of rotatable bonds is 4. The van der Waals surface area contributed by atoms with E-state index >= 15 is 0 Å². The van der Waals surface area contributed by atoms with Gasteiger partial charge in [0, 0.05) is 6.07 Å². The van der Waals surface area contributed by atoms with Crippen LogP contribution >= 0.6 is 22.9 Å². The standard InChI is InChI=1S/C12H14ClN3OS/c1-3-8(2)16-11(6-7-14-16)15-12(17)9-4-5-10(13)18-9/h4-8H,3H2,1-2H3,(H,15,17). The van der Waals surface area contributed by atoms with Gasteiger partial charge in [0.25, 0.3) is 5.91 Å². The van der Waals surface area contributed by atoms with E-state index in [2.05, 4.69) is 24.3 Å². The molecule has 2 heterocycles. The molecule has 0 aliphatic heterocycles.